The first-order chi connectivity index (χ1) is 23.9. The summed E-state index contributed by atoms with van der Waals surface area (Å²) in [6.45, 7) is 5.36. The lowest BCUT2D eigenvalue weighted by Crippen LogP contribution is -2.75. The predicted molar refractivity (Wildman–Crippen MR) is 184 cm³/mol. The van der Waals surface area contributed by atoms with Gasteiger partial charge in [-0.05, 0) is 79.8 Å². The summed E-state index contributed by atoms with van der Waals surface area (Å²) in [6, 6.07) is 10.4. The van der Waals surface area contributed by atoms with Gasteiger partial charge in [-0.15, -0.1) is 11.3 Å². The van der Waals surface area contributed by atoms with Crippen molar-refractivity contribution >= 4 is 50.0 Å². The first-order valence-corrected chi connectivity index (χ1v) is 17.8. The molecule has 0 atom stereocenters. The standard InChI is InChI=1S/C37H36F3N7O2S/c1-22-24(16-46-9-7-25(8-10-46)44-32-30-13-28(14-37(38,39)40)50-34(30)43-21-42-32)5-6-31-29(22)12-26(15-41)47(31)20-35-17-36(18-35,19-35)45-33(49)23-3-2-4-27(48)11-23/h2-6,12-13,21,25H,7-11,14,16-20H2,1H3,(H,45,49)(H,42,43,44). The summed E-state index contributed by atoms with van der Waals surface area (Å²) in [6.07, 6.45) is 5.49. The Morgan fingerprint density at radius 3 is 2.64 bits per heavy atom. The van der Waals surface area contributed by atoms with E-state index in [2.05, 4.69) is 55.2 Å². The van der Waals surface area contributed by atoms with Crippen LogP contribution in [-0.2, 0) is 29.1 Å². The fraction of sp³-hybridized carbons (Fsp3) is 0.432. The van der Waals surface area contributed by atoms with E-state index < -0.39 is 12.6 Å². The molecule has 4 aromatic rings. The number of aryl methyl sites for hydroxylation is 1. The van der Waals surface area contributed by atoms with Crippen LogP contribution in [0.3, 0.4) is 0 Å². The van der Waals surface area contributed by atoms with Crippen LogP contribution in [0, 0.1) is 23.7 Å². The lowest BCUT2D eigenvalue weighted by atomic mass is 9.39. The Balaban J connectivity index is 0.889. The zero-order valence-corrected chi connectivity index (χ0v) is 28.4. The summed E-state index contributed by atoms with van der Waals surface area (Å²) in [5.41, 5.74) is 4.43. The van der Waals surface area contributed by atoms with Gasteiger partial charge in [0.05, 0.1) is 11.8 Å². The average Bonchev–Trinajstić information content (AvgIpc) is 3.62. The van der Waals surface area contributed by atoms with Crippen LogP contribution < -0.4 is 10.6 Å². The van der Waals surface area contributed by atoms with Gasteiger partial charge in [-0.25, -0.2) is 9.97 Å². The van der Waals surface area contributed by atoms with Crippen molar-refractivity contribution in [3.05, 3.63) is 76.1 Å². The number of carbonyl (C=O) groups is 2. The molecular weight excluding hydrogens is 664 g/mol. The normalized spacial score (nSPS) is 23.7. The molecule has 3 aromatic heterocycles. The molecule has 4 aliphatic carbocycles. The van der Waals surface area contributed by atoms with Crippen LogP contribution in [0.15, 0.2) is 54.4 Å². The van der Waals surface area contributed by atoms with Crippen LogP contribution in [-0.4, -0.2) is 62.0 Å². The largest absolute Gasteiger partial charge is 0.393 e. The van der Waals surface area contributed by atoms with Crippen LogP contribution in [0.4, 0.5) is 19.0 Å². The fourth-order valence-electron chi connectivity index (χ4n) is 8.62. The van der Waals surface area contributed by atoms with Gasteiger partial charge in [0.2, 0.25) is 5.91 Å². The summed E-state index contributed by atoms with van der Waals surface area (Å²) in [7, 11) is 0. The van der Waals surface area contributed by atoms with E-state index >= 15 is 0 Å². The average molecular weight is 700 g/mol. The molecule has 0 unspecified atom stereocenters. The molecule has 2 bridgehead atoms. The summed E-state index contributed by atoms with van der Waals surface area (Å²) in [4.78, 5) is 36.3. The second-order valence-electron chi connectivity index (χ2n) is 14.6. The van der Waals surface area contributed by atoms with Gasteiger partial charge in [0.1, 0.15) is 28.7 Å². The molecule has 1 saturated heterocycles. The Morgan fingerprint density at radius 1 is 1.14 bits per heavy atom. The van der Waals surface area contributed by atoms with E-state index in [0.29, 0.717) is 27.3 Å². The monoisotopic (exact) mass is 699 g/mol. The van der Waals surface area contributed by atoms with Crippen molar-refractivity contribution in [2.24, 2.45) is 5.41 Å². The molecule has 2 N–H and O–H groups in total. The molecule has 4 fully saturated rings. The van der Waals surface area contributed by atoms with Gasteiger partial charge in [-0.1, -0.05) is 18.2 Å². The van der Waals surface area contributed by atoms with Crippen molar-refractivity contribution in [3.8, 4) is 6.07 Å². The third-order valence-electron chi connectivity index (χ3n) is 10.9. The molecule has 1 amide bonds. The maximum Gasteiger partial charge on any atom is 0.393 e. The Bertz CT molecular complexity index is 2130. The number of ketones is 1. The van der Waals surface area contributed by atoms with Gasteiger partial charge in [-0.3, -0.25) is 14.5 Å². The number of benzene rings is 1. The van der Waals surface area contributed by atoms with Gasteiger partial charge in [0, 0.05) is 65.5 Å². The van der Waals surface area contributed by atoms with Crippen molar-refractivity contribution in [2.75, 3.05) is 18.4 Å². The number of halogens is 3. The van der Waals surface area contributed by atoms with E-state index in [9.17, 15) is 28.0 Å². The minimum absolute atomic E-state index is 0.0544. The van der Waals surface area contributed by atoms with Crippen LogP contribution in [0.2, 0.25) is 0 Å². The first-order valence-electron chi connectivity index (χ1n) is 16.9. The van der Waals surface area contributed by atoms with Gasteiger partial charge >= 0.3 is 6.18 Å². The molecule has 3 saturated carbocycles. The number of hydrogen-bond acceptors (Lipinski definition) is 8. The van der Waals surface area contributed by atoms with E-state index in [1.54, 1.807) is 18.2 Å². The van der Waals surface area contributed by atoms with Crippen LogP contribution >= 0.6 is 11.3 Å². The number of nitrogens with zero attached hydrogens (tertiary/aromatic N) is 5. The number of anilines is 1. The van der Waals surface area contributed by atoms with Crippen LogP contribution in [0.25, 0.3) is 21.1 Å². The molecule has 0 spiro atoms. The van der Waals surface area contributed by atoms with E-state index in [0.717, 1.165) is 80.5 Å². The number of likely N-dealkylation sites (tertiary alicyclic amines) is 1. The van der Waals surface area contributed by atoms with Gasteiger partial charge in [0.25, 0.3) is 0 Å². The lowest BCUT2D eigenvalue weighted by molar-refractivity contribution is -0.170. The molecule has 1 aromatic carbocycles. The number of amides is 1. The number of nitriles is 1. The van der Waals surface area contributed by atoms with E-state index in [-0.39, 0.29) is 40.0 Å². The quantitative estimate of drug-likeness (QED) is 0.205. The highest BCUT2D eigenvalue weighted by Crippen LogP contribution is 2.68. The smallest absolute Gasteiger partial charge is 0.367 e. The molecule has 258 valence electrons. The molecule has 1 aliphatic heterocycles. The zero-order valence-electron chi connectivity index (χ0n) is 27.6. The highest BCUT2D eigenvalue weighted by molar-refractivity contribution is 7.18. The van der Waals surface area contributed by atoms with Crippen LogP contribution in [0.1, 0.15) is 60.2 Å². The highest BCUT2D eigenvalue weighted by atomic mass is 32.1. The van der Waals surface area contributed by atoms with E-state index in [4.69, 9.17) is 0 Å². The number of fused-ring (bicyclic) bond motifs is 2. The number of hydrogen-bond donors (Lipinski definition) is 2. The Labute approximate surface area is 290 Å². The number of carbonyl (C=O) groups excluding carboxylic acids is 2. The Morgan fingerprint density at radius 2 is 1.92 bits per heavy atom. The molecular formula is C37H36F3N7O2S. The molecule has 0 radical (unpaired) electrons. The molecule has 5 aliphatic rings. The number of allylic oxidation sites excluding steroid dienone is 3. The SMILES string of the molecule is Cc1c(CN2CCC(Nc3ncnc4sc(CC(F)(F)F)cc34)CC2)ccc2c1cc(C#N)n2CC12CC(NC(=O)C3=CC=CC(=O)C3)(C1)C2. The van der Waals surface area contributed by atoms with E-state index in [1.807, 2.05) is 6.07 Å². The minimum atomic E-state index is -4.27. The third-order valence-corrected chi connectivity index (χ3v) is 12.0. The second-order valence-corrected chi connectivity index (χ2v) is 15.7. The molecule has 13 heteroatoms. The summed E-state index contributed by atoms with van der Waals surface area (Å²) in [5, 5.41) is 18.5. The fourth-order valence-corrected chi connectivity index (χ4v) is 9.64. The minimum Gasteiger partial charge on any atom is -0.367 e. The van der Waals surface area contributed by atoms with Gasteiger partial charge in [-0.2, -0.15) is 18.4 Å². The van der Waals surface area contributed by atoms with E-state index in [1.165, 1.54) is 23.5 Å². The Hall–Kier alpha value is -4.54. The summed E-state index contributed by atoms with van der Waals surface area (Å²) >= 11 is 1.06. The molecule has 4 heterocycles. The molecule has 9 nitrogen and oxygen atoms in total. The topological polar surface area (TPSA) is 116 Å². The zero-order chi connectivity index (χ0) is 34.8. The number of rotatable bonds is 9. The van der Waals surface area contributed by atoms with Crippen molar-refractivity contribution in [2.45, 2.75) is 82.7 Å². The van der Waals surface area contributed by atoms with Gasteiger partial charge in [0.15, 0.2) is 5.78 Å². The Kier molecular flexibility index (Phi) is 7.87. The van der Waals surface area contributed by atoms with Crippen molar-refractivity contribution in [3.63, 3.8) is 0 Å². The third kappa shape index (κ3) is 6.09. The number of piperidine rings is 1. The second kappa shape index (κ2) is 12.1. The molecule has 9 rings (SSSR count). The maximum absolute atomic E-state index is 13.0. The summed E-state index contributed by atoms with van der Waals surface area (Å²) < 4.78 is 41.0. The number of alkyl halides is 3. The van der Waals surface area contributed by atoms with Crippen molar-refractivity contribution in [1.29, 1.82) is 5.26 Å². The number of thiophene rings is 1. The predicted octanol–water partition coefficient (Wildman–Crippen LogP) is 6.50. The highest BCUT2D eigenvalue weighted by Gasteiger charge is 2.68. The van der Waals surface area contributed by atoms with Crippen molar-refractivity contribution in [1.82, 2.24) is 24.8 Å². The molecule has 50 heavy (non-hydrogen) atoms. The van der Waals surface area contributed by atoms with Gasteiger partial charge < -0.3 is 15.2 Å². The lowest BCUT2D eigenvalue weighted by Gasteiger charge is -2.70. The number of nitrogens with one attached hydrogen (secondary N) is 2. The van der Waals surface area contributed by atoms with Crippen LogP contribution in [0.5, 0.6) is 0 Å². The summed E-state index contributed by atoms with van der Waals surface area (Å²) in [5.74, 6) is 0.373. The maximum atomic E-state index is 13.0. The number of aromatic nitrogens is 3. The van der Waals surface area contributed by atoms with Crippen molar-refractivity contribution < 1.29 is 22.8 Å². The first kappa shape index (κ1) is 32.7.